The van der Waals surface area contributed by atoms with Gasteiger partial charge in [-0.05, 0) is 56.9 Å². The minimum Gasteiger partial charge on any atom is -0.393 e. The lowest BCUT2D eigenvalue weighted by molar-refractivity contribution is 0.0242. The van der Waals surface area contributed by atoms with Crippen molar-refractivity contribution in [2.45, 2.75) is 77.4 Å². The van der Waals surface area contributed by atoms with Crippen molar-refractivity contribution >= 4 is 0 Å². The number of nitrogens with zero attached hydrogens (tertiary/aromatic N) is 1. The van der Waals surface area contributed by atoms with Crippen molar-refractivity contribution < 1.29 is 5.11 Å². The first-order valence-electron chi connectivity index (χ1n) is 8.16. The van der Waals surface area contributed by atoms with E-state index in [0.717, 1.165) is 24.9 Å². The van der Waals surface area contributed by atoms with E-state index in [1.807, 2.05) is 0 Å². The molecule has 2 nitrogen and oxygen atoms in total. The summed E-state index contributed by atoms with van der Waals surface area (Å²) in [6, 6.07) is 0.851. The van der Waals surface area contributed by atoms with Crippen LogP contribution in [0.15, 0.2) is 0 Å². The molecule has 2 aliphatic carbocycles. The minimum atomic E-state index is -0.0313. The molecule has 0 aromatic rings. The van der Waals surface area contributed by atoms with Gasteiger partial charge in [-0.15, -0.1) is 0 Å². The van der Waals surface area contributed by atoms with Gasteiger partial charge in [-0.1, -0.05) is 26.7 Å². The SMILES string of the molecule is CCCC1CCC(O)C(CN(CCC)C2CC2)C1. The highest BCUT2D eigenvalue weighted by atomic mass is 16.3. The van der Waals surface area contributed by atoms with Gasteiger partial charge in [-0.2, -0.15) is 0 Å². The second kappa shape index (κ2) is 6.91. The smallest absolute Gasteiger partial charge is 0.0580 e. The van der Waals surface area contributed by atoms with Crippen LogP contribution in [0, 0.1) is 11.8 Å². The summed E-state index contributed by atoms with van der Waals surface area (Å²) in [5, 5.41) is 10.2. The van der Waals surface area contributed by atoms with E-state index in [9.17, 15) is 5.11 Å². The van der Waals surface area contributed by atoms with Gasteiger partial charge in [0.15, 0.2) is 0 Å². The Morgan fingerprint density at radius 1 is 1.06 bits per heavy atom. The molecule has 0 heterocycles. The van der Waals surface area contributed by atoms with E-state index in [2.05, 4.69) is 18.7 Å². The quantitative estimate of drug-likeness (QED) is 0.751. The summed E-state index contributed by atoms with van der Waals surface area (Å²) in [4.78, 5) is 2.65. The molecular weight excluding hydrogens is 222 g/mol. The van der Waals surface area contributed by atoms with Crippen molar-refractivity contribution in [2.75, 3.05) is 13.1 Å². The third-order valence-electron chi connectivity index (χ3n) is 4.79. The highest BCUT2D eigenvalue weighted by Crippen LogP contribution is 2.35. The second-order valence-electron chi connectivity index (χ2n) is 6.52. The van der Waals surface area contributed by atoms with Gasteiger partial charge in [0.2, 0.25) is 0 Å². The maximum Gasteiger partial charge on any atom is 0.0580 e. The normalized spacial score (nSPS) is 33.0. The third kappa shape index (κ3) is 3.96. The molecule has 3 unspecified atom stereocenters. The minimum absolute atomic E-state index is 0.0313. The van der Waals surface area contributed by atoms with E-state index in [4.69, 9.17) is 0 Å². The Balaban J connectivity index is 1.84. The maximum absolute atomic E-state index is 10.2. The number of hydrogen-bond acceptors (Lipinski definition) is 2. The molecule has 0 saturated heterocycles. The molecular formula is C16H31NO. The molecule has 0 bridgehead atoms. The van der Waals surface area contributed by atoms with Gasteiger partial charge < -0.3 is 10.0 Å². The van der Waals surface area contributed by atoms with Crippen LogP contribution in [0.25, 0.3) is 0 Å². The van der Waals surface area contributed by atoms with E-state index in [0.29, 0.717) is 5.92 Å². The lowest BCUT2D eigenvalue weighted by Gasteiger charge is -2.36. The van der Waals surface area contributed by atoms with Crippen molar-refractivity contribution in [3.05, 3.63) is 0 Å². The van der Waals surface area contributed by atoms with Crippen LogP contribution in [-0.2, 0) is 0 Å². The van der Waals surface area contributed by atoms with Crippen LogP contribution in [-0.4, -0.2) is 35.2 Å². The van der Waals surface area contributed by atoms with Crippen LogP contribution in [0.5, 0.6) is 0 Å². The zero-order valence-corrected chi connectivity index (χ0v) is 12.3. The number of aliphatic hydroxyl groups is 1. The fourth-order valence-corrected chi connectivity index (χ4v) is 3.66. The van der Waals surface area contributed by atoms with Crippen molar-refractivity contribution in [1.82, 2.24) is 4.90 Å². The molecule has 0 aliphatic heterocycles. The first-order valence-corrected chi connectivity index (χ1v) is 8.16. The zero-order chi connectivity index (χ0) is 13.0. The molecule has 2 heteroatoms. The van der Waals surface area contributed by atoms with E-state index in [1.165, 1.54) is 51.5 Å². The predicted octanol–water partition coefficient (Wildman–Crippen LogP) is 3.44. The molecule has 2 aliphatic rings. The summed E-state index contributed by atoms with van der Waals surface area (Å²) in [6.07, 6.45) is 10.2. The Morgan fingerprint density at radius 2 is 1.83 bits per heavy atom. The molecule has 106 valence electrons. The van der Waals surface area contributed by atoms with Gasteiger partial charge in [0.1, 0.15) is 0 Å². The Labute approximate surface area is 113 Å². The van der Waals surface area contributed by atoms with E-state index < -0.39 is 0 Å². The van der Waals surface area contributed by atoms with Crippen molar-refractivity contribution in [3.63, 3.8) is 0 Å². The summed E-state index contributed by atoms with van der Waals surface area (Å²) in [7, 11) is 0. The van der Waals surface area contributed by atoms with Gasteiger partial charge >= 0.3 is 0 Å². The summed E-state index contributed by atoms with van der Waals surface area (Å²) in [6.45, 7) is 6.94. The average molecular weight is 253 g/mol. The molecule has 2 fully saturated rings. The maximum atomic E-state index is 10.2. The monoisotopic (exact) mass is 253 g/mol. The van der Waals surface area contributed by atoms with Crippen LogP contribution in [0.4, 0.5) is 0 Å². The molecule has 2 rings (SSSR count). The number of aliphatic hydroxyl groups excluding tert-OH is 1. The Morgan fingerprint density at radius 3 is 2.44 bits per heavy atom. The van der Waals surface area contributed by atoms with Gasteiger partial charge in [-0.25, -0.2) is 0 Å². The highest BCUT2D eigenvalue weighted by Gasteiger charge is 2.34. The standard InChI is InChI=1S/C16H31NO/c1-3-5-13-6-9-16(18)14(11-13)12-17(10-4-2)15-7-8-15/h13-16,18H,3-12H2,1-2H3. The van der Waals surface area contributed by atoms with E-state index >= 15 is 0 Å². The zero-order valence-electron chi connectivity index (χ0n) is 12.3. The molecule has 0 amide bonds. The van der Waals surface area contributed by atoms with Crippen molar-refractivity contribution in [1.29, 1.82) is 0 Å². The van der Waals surface area contributed by atoms with E-state index in [1.54, 1.807) is 0 Å². The Bertz CT molecular complexity index is 239. The van der Waals surface area contributed by atoms with Crippen LogP contribution >= 0.6 is 0 Å². The summed E-state index contributed by atoms with van der Waals surface area (Å²) >= 11 is 0. The van der Waals surface area contributed by atoms with Crippen LogP contribution in [0.2, 0.25) is 0 Å². The molecule has 2 saturated carbocycles. The molecule has 1 N–H and O–H groups in total. The van der Waals surface area contributed by atoms with Crippen LogP contribution in [0.1, 0.15) is 65.2 Å². The van der Waals surface area contributed by atoms with Gasteiger partial charge in [-0.3, -0.25) is 0 Å². The van der Waals surface area contributed by atoms with Crippen molar-refractivity contribution in [2.24, 2.45) is 11.8 Å². The summed E-state index contributed by atoms with van der Waals surface area (Å²) in [5.41, 5.74) is 0. The average Bonchev–Trinajstić information content (AvgIpc) is 3.17. The number of hydrogen-bond donors (Lipinski definition) is 1. The molecule has 3 atom stereocenters. The van der Waals surface area contributed by atoms with Gasteiger partial charge in [0.25, 0.3) is 0 Å². The fourth-order valence-electron chi connectivity index (χ4n) is 3.66. The molecule has 0 spiro atoms. The van der Waals surface area contributed by atoms with Crippen LogP contribution in [0.3, 0.4) is 0 Å². The Kier molecular flexibility index (Phi) is 5.50. The first-order chi connectivity index (χ1) is 8.74. The van der Waals surface area contributed by atoms with E-state index in [-0.39, 0.29) is 6.10 Å². The predicted molar refractivity (Wildman–Crippen MR) is 76.6 cm³/mol. The number of rotatable bonds is 7. The molecule has 0 aromatic heterocycles. The second-order valence-corrected chi connectivity index (χ2v) is 6.52. The molecule has 0 aromatic carbocycles. The van der Waals surface area contributed by atoms with Gasteiger partial charge in [0.05, 0.1) is 6.10 Å². The van der Waals surface area contributed by atoms with Crippen molar-refractivity contribution in [3.8, 4) is 0 Å². The molecule has 18 heavy (non-hydrogen) atoms. The fraction of sp³-hybridized carbons (Fsp3) is 1.00. The lowest BCUT2D eigenvalue weighted by atomic mass is 9.77. The third-order valence-corrected chi connectivity index (χ3v) is 4.79. The van der Waals surface area contributed by atoms with Gasteiger partial charge in [0, 0.05) is 12.6 Å². The Hall–Kier alpha value is -0.0800. The van der Waals surface area contributed by atoms with Crippen LogP contribution < -0.4 is 0 Å². The highest BCUT2D eigenvalue weighted by molar-refractivity contribution is 4.88. The summed E-state index contributed by atoms with van der Waals surface area (Å²) < 4.78 is 0. The summed E-state index contributed by atoms with van der Waals surface area (Å²) in [5.74, 6) is 1.42. The topological polar surface area (TPSA) is 23.5 Å². The molecule has 0 radical (unpaired) electrons. The largest absolute Gasteiger partial charge is 0.393 e. The lowest BCUT2D eigenvalue weighted by Crippen LogP contribution is -2.40. The first kappa shape index (κ1) is 14.3.